The van der Waals surface area contributed by atoms with Crippen LogP contribution in [0.2, 0.25) is 5.02 Å². The molecular weight excluding hydrogens is 242 g/mol. The molecule has 0 saturated heterocycles. The maximum atomic E-state index is 10.9. The average molecular weight is 250 g/mol. The van der Waals surface area contributed by atoms with E-state index in [0.29, 0.717) is 5.69 Å². The minimum absolute atomic E-state index is 0.00824. The van der Waals surface area contributed by atoms with Crippen molar-refractivity contribution in [2.45, 2.75) is 6.92 Å². The van der Waals surface area contributed by atoms with Gasteiger partial charge in [0.05, 0.1) is 11.2 Å². The van der Waals surface area contributed by atoms with Crippen molar-refractivity contribution in [3.05, 3.63) is 40.8 Å². The van der Waals surface area contributed by atoms with Gasteiger partial charge in [-0.2, -0.15) is 0 Å². The van der Waals surface area contributed by atoms with Crippen molar-refractivity contribution in [1.29, 1.82) is 0 Å². The van der Waals surface area contributed by atoms with Gasteiger partial charge in [-0.15, -0.1) is 0 Å². The fourth-order valence-electron chi connectivity index (χ4n) is 1.31. The van der Waals surface area contributed by atoms with Gasteiger partial charge < -0.3 is 5.11 Å². The van der Waals surface area contributed by atoms with Crippen molar-refractivity contribution < 1.29 is 9.90 Å². The van der Waals surface area contributed by atoms with E-state index in [4.69, 9.17) is 16.7 Å². The quantitative estimate of drug-likeness (QED) is 0.883. The van der Waals surface area contributed by atoms with Crippen molar-refractivity contribution in [1.82, 2.24) is 15.0 Å². The zero-order valence-corrected chi connectivity index (χ0v) is 9.64. The Morgan fingerprint density at radius 2 is 2.12 bits per heavy atom. The number of carbonyl (C=O) groups is 1. The maximum absolute atomic E-state index is 10.9. The molecule has 0 fully saturated rings. The van der Waals surface area contributed by atoms with E-state index in [1.807, 2.05) is 13.0 Å². The number of halogens is 1. The summed E-state index contributed by atoms with van der Waals surface area (Å²) in [5.41, 5.74) is 1.10. The number of pyridine rings is 1. The smallest absolute Gasteiger partial charge is 0.356 e. The molecule has 0 aliphatic rings. The zero-order valence-electron chi connectivity index (χ0n) is 8.88. The first-order valence-corrected chi connectivity index (χ1v) is 5.15. The van der Waals surface area contributed by atoms with Gasteiger partial charge in [0.25, 0.3) is 0 Å². The summed E-state index contributed by atoms with van der Waals surface area (Å²) in [6.07, 6.45) is 1.26. The Labute approximate surface area is 102 Å². The van der Waals surface area contributed by atoms with Gasteiger partial charge in [0.1, 0.15) is 5.69 Å². The molecule has 0 bridgehead atoms. The largest absolute Gasteiger partial charge is 0.476 e. The van der Waals surface area contributed by atoms with E-state index in [1.165, 1.54) is 6.20 Å². The zero-order chi connectivity index (χ0) is 12.4. The molecule has 0 aliphatic heterocycles. The number of hydrogen-bond acceptors (Lipinski definition) is 4. The highest BCUT2D eigenvalue weighted by Gasteiger charge is 2.13. The average Bonchev–Trinajstić information content (AvgIpc) is 2.29. The van der Waals surface area contributed by atoms with Crippen LogP contribution in [0.15, 0.2) is 24.4 Å². The standard InChI is InChI=1S/C11H8ClN3O2/c1-6-3-2-4-8(14-6)10-13-5-7(12)9(15-10)11(16)17/h2-5H,1H3,(H,16,17). The minimum Gasteiger partial charge on any atom is -0.476 e. The third-order valence-corrected chi connectivity index (χ3v) is 2.34. The number of nitrogens with zero attached hydrogens (tertiary/aromatic N) is 3. The van der Waals surface area contributed by atoms with Crippen LogP contribution in [0.5, 0.6) is 0 Å². The SMILES string of the molecule is Cc1cccc(-c2ncc(Cl)c(C(=O)O)n2)n1. The number of aromatic carboxylic acids is 1. The molecule has 0 atom stereocenters. The highest BCUT2D eigenvalue weighted by atomic mass is 35.5. The molecule has 0 radical (unpaired) electrons. The lowest BCUT2D eigenvalue weighted by Crippen LogP contribution is -2.04. The molecule has 2 heterocycles. The van der Waals surface area contributed by atoms with Crippen molar-refractivity contribution in [2.24, 2.45) is 0 Å². The lowest BCUT2D eigenvalue weighted by Gasteiger charge is -2.02. The predicted molar refractivity (Wildman–Crippen MR) is 62.0 cm³/mol. The molecule has 86 valence electrons. The molecule has 0 saturated carbocycles. The fraction of sp³-hybridized carbons (Fsp3) is 0.0909. The van der Waals surface area contributed by atoms with Crippen molar-refractivity contribution in [3.8, 4) is 11.5 Å². The van der Waals surface area contributed by atoms with E-state index in [2.05, 4.69) is 15.0 Å². The van der Waals surface area contributed by atoms with Crippen LogP contribution in [-0.4, -0.2) is 26.0 Å². The minimum atomic E-state index is -1.19. The number of aromatic nitrogens is 3. The number of rotatable bonds is 2. The highest BCUT2D eigenvalue weighted by molar-refractivity contribution is 6.33. The van der Waals surface area contributed by atoms with Crippen molar-refractivity contribution in [3.63, 3.8) is 0 Å². The molecule has 1 N–H and O–H groups in total. The topological polar surface area (TPSA) is 76.0 Å². The summed E-state index contributed by atoms with van der Waals surface area (Å²) < 4.78 is 0. The lowest BCUT2D eigenvalue weighted by atomic mass is 10.3. The van der Waals surface area contributed by atoms with E-state index in [-0.39, 0.29) is 16.5 Å². The number of carboxylic acids is 1. The molecular formula is C11H8ClN3O2. The van der Waals surface area contributed by atoms with Gasteiger partial charge >= 0.3 is 5.97 Å². The molecule has 0 aromatic carbocycles. The van der Waals surface area contributed by atoms with Gasteiger partial charge in [0.15, 0.2) is 11.5 Å². The summed E-state index contributed by atoms with van der Waals surface area (Å²) >= 11 is 5.68. The van der Waals surface area contributed by atoms with Crippen LogP contribution in [-0.2, 0) is 0 Å². The molecule has 5 nitrogen and oxygen atoms in total. The summed E-state index contributed by atoms with van der Waals surface area (Å²) in [5, 5.41) is 8.90. The molecule has 2 aromatic rings. The molecule has 17 heavy (non-hydrogen) atoms. The molecule has 0 amide bonds. The molecule has 6 heteroatoms. The summed E-state index contributed by atoms with van der Waals surface area (Å²) in [4.78, 5) is 22.9. The predicted octanol–water partition coefficient (Wildman–Crippen LogP) is 2.20. The summed E-state index contributed by atoms with van der Waals surface area (Å²) in [6, 6.07) is 5.34. The molecule has 0 unspecified atom stereocenters. The number of carboxylic acid groups (broad SMARTS) is 1. The Bertz CT molecular complexity index is 587. The van der Waals surface area contributed by atoms with Crippen molar-refractivity contribution in [2.75, 3.05) is 0 Å². The Morgan fingerprint density at radius 1 is 1.35 bits per heavy atom. The fourth-order valence-corrected chi connectivity index (χ4v) is 1.48. The molecule has 0 aliphatic carbocycles. The third kappa shape index (κ3) is 2.39. The van der Waals surface area contributed by atoms with Crippen LogP contribution < -0.4 is 0 Å². The van der Waals surface area contributed by atoms with Crippen LogP contribution in [0, 0.1) is 6.92 Å². The van der Waals surface area contributed by atoms with E-state index in [1.54, 1.807) is 12.1 Å². The maximum Gasteiger partial charge on any atom is 0.356 e. The summed E-state index contributed by atoms with van der Waals surface area (Å²) in [7, 11) is 0. The Balaban J connectivity index is 2.54. The van der Waals surface area contributed by atoms with Crippen LogP contribution in [0.4, 0.5) is 0 Å². The van der Waals surface area contributed by atoms with Gasteiger partial charge in [-0.25, -0.2) is 19.7 Å². The first-order chi connectivity index (χ1) is 8.08. The Morgan fingerprint density at radius 3 is 2.76 bits per heavy atom. The first-order valence-electron chi connectivity index (χ1n) is 4.78. The van der Waals surface area contributed by atoms with Gasteiger partial charge in [-0.3, -0.25) is 0 Å². The lowest BCUT2D eigenvalue weighted by molar-refractivity contribution is 0.0690. The monoisotopic (exact) mass is 249 g/mol. The number of aryl methyl sites for hydroxylation is 1. The third-order valence-electron chi connectivity index (χ3n) is 2.06. The highest BCUT2D eigenvalue weighted by Crippen LogP contribution is 2.17. The van der Waals surface area contributed by atoms with E-state index in [0.717, 1.165) is 5.69 Å². The van der Waals surface area contributed by atoms with Crippen LogP contribution in [0.25, 0.3) is 11.5 Å². The van der Waals surface area contributed by atoms with E-state index >= 15 is 0 Å². The van der Waals surface area contributed by atoms with Crippen molar-refractivity contribution >= 4 is 17.6 Å². The van der Waals surface area contributed by atoms with Crippen LogP contribution in [0.3, 0.4) is 0 Å². The van der Waals surface area contributed by atoms with Gasteiger partial charge in [0.2, 0.25) is 0 Å². The first kappa shape index (κ1) is 11.5. The van der Waals surface area contributed by atoms with Gasteiger partial charge in [-0.1, -0.05) is 17.7 Å². The Hall–Kier alpha value is -2.01. The molecule has 2 rings (SSSR count). The number of hydrogen-bond donors (Lipinski definition) is 1. The second kappa shape index (κ2) is 4.47. The summed E-state index contributed by atoms with van der Waals surface area (Å²) in [5.74, 6) is -0.943. The second-order valence-electron chi connectivity index (χ2n) is 3.36. The molecule has 2 aromatic heterocycles. The van der Waals surface area contributed by atoms with E-state index in [9.17, 15) is 4.79 Å². The second-order valence-corrected chi connectivity index (χ2v) is 3.77. The molecule has 0 spiro atoms. The van der Waals surface area contributed by atoms with E-state index < -0.39 is 5.97 Å². The van der Waals surface area contributed by atoms with Crippen LogP contribution in [0.1, 0.15) is 16.2 Å². The van der Waals surface area contributed by atoms with Gasteiger partial charge in [-0.05, 0) is 19.1 Å². The normalized spacial score (nSPS) is 10.2. The summed E-state index contributed by atoms with van der Waals surface area (Å²) in [6.45, 7) is 1.83. The van der Waals surface area contributed by atoms with Gasteiger partial charge in [0, 0.05) is 5.69 Å². The van der Waals surface area contributed by atoms with Crippen LogP contribution >= 0.6 is 11.6 Å². The Kier molecular flexibility index (Phi) is 3.01.